The summed E-state index contributed by atoms with van der Waals surface area (Å²) in [6.07, 6.45) is 2.43. The molecule has 0 radical (unpaired) electrons. The van der Waals surface area contributed by atoms with Crippen LogP contribution in [0.25, 0.3) is 0 Å². The van der Waals surface area contributed by atoms with Crippen molar-refractivity contribution in [1.82, 2.24) is 10.2 Å². The van der Waals surface area contributed by atoms with Crippen molar-refractivity contribution < 1.29 is 9.59 Å². The Morgan fingerprint density at radius 1 is 1.27 bits per heavy atom. The maximum atomic E-state index is 12.0. The second-order valence-corrected chi connectivity index (χ2v) is 5.84. The predicted molar refractivity (Wildman–Crippen MR) is 87.7 cm³/mol. The van der Waals surface area contributed by atoms with Gasteiger partial charge in [-0.3, -0.25) is 9.59 Å². The monoisotopic (exact) mass is 303 g/mol. The number of amides is 2. The van der Waals surface area contributed by atoms with Gasteiger partial charge in [-0.05, 0) is 30.5 Å². The fourth-order valence-corrected chi connectivity index (χ4v) is 2.75. The second kappa shape index (κ2) is 7.94. The average molecular weight is 303 g/mol. The van der Waals surface area contributed by atoms with E-state index >= 15 is 0 Å². The summed E-state index contributed by atoms with van der Waals surface area (Å²) < 4.78 is 0. The molecule has 1 aromatic carbocycles. The molecule has 2 rings (SSSR count). The lowest BCUT2D eigenvalue weighted by molar-refractivity contribution is -0.119. The van der Waals surface area contributed by atoms with Crippen LogP contribution in [0.15, 0.2) is 24.3 Å². The largest absolute Gasteiger partial charge is 0.352 e. The molecule has 120 valence electrons. The van der Waals surface area contributed by atoms with Crippen molar-refractivity contribution in [1.29, 1.82) is 0 Å². The Kier molecular flexibility index (Phi) is 5.95. The molecule has 0 bridgehead atoms. The quantitative estimate of drug-likeness (QED) is 0.842. The van der Waals surface area contributed by atoms with E-state index in [9.17, 15) is 9.59 Å². The SMILES string of the molecule is CCc1ccc(NC(=O)CCN2CC[C@H](NC(C)=O)C2)cc1. The van der Waals surface area contributed by atoms with Crippen LogP contribution in [0.1, 0.15) is 32.3 Å². The van der Waals surface area contributed by atoms with Gasteiger partial charge in [0.25, 0.3) is 0 Å². The molecular weight excluding hydrogens is 278 g/mol. The molecule has 1 aromatic rings. The minimum Gasteiger partial charge on any atom is -0.352 e. The van der Waals surface area contributed by atoms with E-state index in [1.807, 2.05) is 24.3 Å². The van der Waals surface area contributed by atoms with Gasteiger partial charge in [-0.1, -0.05) is 19.1 Å². The summed E-state index contributed by atoms with van der Waals surface area (Å²) >= 11 is 0. The number of rotatable bonds is 6. The number of hydrogen-bond acceptors (Lipinski definition) is 3. The van der Waals surface area contributed by atoms with E-state index in [-0.39, 0.29) is 17.9 Å². The molecule has 0 aromatic heterocycles. The highest BCUT2D eigenvalue weighted by Gasteiger charge is 2.22. The first-order valence-electron chi connectivity index (χ1n) is 7.95. The Balaban J connectivity index is 1.70. The van der Waals surface area contributed by atoms with E-state index in [2.05, 4.69) is 22.5 Å². The molecule has 1 heterocycles. The molecule has 1 saturated heterocycles. The number of nitrogens with zero attached hydrogens (tertiary/aromatic N) is 1. The smallest absolute Gasteiger partial charge is 0.225 e. The molecule has 0 saturated carbocycles. The zero-order chi connectivity index (χ0) is 15.9. The Morgan fingerprint density at radius 2 is 2.00 bits per heavy atom. The third-order valence-electron chi connectivity index (χ3n) is 3.98. The number of hydrogen-bond donors (Lipinski definition) is 2. The van der Waals surface area contributed by atoms with Crippen LogP contribution in [-0.2, 0) is 16.0 Å². The van der Waals surface area contributed by atoms with Gasteiger partial charge in [0.1, 0.15) is 0 Å². The van der Waals surface area contributed by atoms with Crippen LogP contribution in [0.3, 0.4) is 0 Å². The first-order valence-corrected chi connectivity index (χ1v) is 7.95. The zero-order valence-electron chi connectivity index (χ0n) is 13.4. The van der Waals surface area contributed by atoms with E-state index in [1.165, 1.54) is 5.56 Å². The summed E-state index contributed by atoms with van der Waals surface area (Å²) in [6, 6.07) is 8.18. The standard InChI is InChI=1S/C17H25N3O2/c1-3-14-4-6-15(7-5-14)19-17(22)9-11-20-10-8-16(12-20)18-13(2)21/h4-7,16H,3,8-12H2,1-2H3,(H,18,21)(H,19,22)/t16-/m0/s1. The summed E-state index contributed by atoms with van der Waals surface area (Å²) in [7, 11) is 0. The molecular formula is C17H25N3O2. The van der Waals surface area contributed by atoms with Crippen LogP contribution >= 0.6 is 0 Å². The number of carbonyl (C=O) groups excluding carboxylic acids is 2. The molecule has 22 heavy (non-hydrogen) atoms. The van der Waals surface area contributed by atoms with Crippen molar-refractivity contribution >= 4 is 17.5 Å². The third-order valence-corrected chi connectivity index (χ3v) is 3.98. The third kappa shape index (κ3) is 5.15. The highest BCUT2D eigenvalue weighted by molar-refractivity contribution is 5.90. The summed E-state index contributed by atoms with van der Waals surface area (Å²) in [5.41, 5.74) is 2.11. The van der Waals surface area contributed by atoms with Crippen LogP contribution in [0.2, 0.25) is 0 Å². The molecule has 1 aliphatic heterocycles. The normalized spacial score (nSPS) is 18.2. The van der Waals surface area contributed by atoms with Gasteiger partial charge in [-0.15, -0.1) is 0 Å². The van der Waals surface area contributed by atoms with Gasteiger partial charge in [0.15, 0.2) is 0 Å². The Hall–Kier alpha value is -1.88. The van der Waals surface area contributed by atoms with Crippen molar-refractivity contribution in [2.75, 3.05) is 25.0 Å². The van der Waals surface area contributed by atoms with E-state index in [0.29, 0.717) is 6.42 Å². The van der Waals surface area contributed by atoms with Crippen LogP contribution in [0.5, 0.6) is 0 Å². The van der Waals surface area contributed by atoms with Gasteiger partial charge in [-0.2, -0.15) is 0 Å². The lowest BCUT2D eigenvalue weighted by Gasteiger charge is -2.16. The molecule has 2 amide bonds. The molecule has 5 nitrogen and oxygen atoms in total. The van der Waals surface area contributed by atoms with E-state index < -0.39 is 0 Å². The first kappa shape index (κ1) is 16.5. The summed E-state index contributed by atoms with van der Waals surface area (Å²) in [6.45, 7) is 6.15. The maximum Gasteiger partial charge on any atom is 0.225 e. The number of nitrogens with one attached hydrogen (secondary N) is 2. The highest BCUT2D eigenvalue weighted by Crippen LogP contribution is 2.12. The Bertz CT molecular complexity index is 513. The van der Waals surface area contributed by atoms with Gasteiger partial charge in [-0.25, -0.2) is 0 Å². The Morgan fingerprint density at radius 3 is 2.64 bits per heavy atom. The number of benzene rings is 1. The summed E-state index contributed by atoms with van der Waals surface area (Å²) in [5, 5.41) is 5.85. The molecule has 5 heteroatoms. The molecule has 0 spiro atoms. The fourth-order valence-electron chi connectivity index (χ4n) is 2.75. The van der Waals surface area contributed by atoms with Crippen molar-refractivity contribution in [3.63, 3.8) is 0 Å². The van der Waals surface area contributed by atoms with Crippen LogP contribution in [0.4, 0.5) is 5.69 Å². The number of aryl methyl sites for hydroxylation is 1. The summed E-state index contributed by atoms with van der Waals surface area (Å²) in [4.78, 5) is 25.2. The first-order chi connectivity index (χ1) is 10.6. The van der Waals surface area contributed by atoms with Gasteiger partial charge >= 0.3 is 0 Å². The molecule has 1 atom stereocenters. The van der Waals surface area contributed by atoms with Crippen molar-refractivity contribution in [2.45, 2.75) is 39.2 Å². The highest BCUT2D eigenvalue weighted by atomic mass is 16.2. The summed E-state index contributed by atoms with van der Waals surface area (Å²) in [5.74, 6) is 0.0485. The minimum absolute atomic E-state index is 0.0140. The number of anilines is 1. The lowest BCUT2D eigenvalue weighted by atomic mass is 10.1. The van der Waals surface area contributed by atoms with Crippen molar-refractivity contribution in [3.05, 3.63) is 29.8 Å². The van der Waals surface area contributed by atoms with Crippen molar-refractivity contribution in [2.24, 2.45) is 0 Å². The Labute approximate surface area is 132 Å². The zero-order valence-corrected chi connectivity index (χ0v) is 13.4. The van der Waals surface area contributed by atoms with E-state index in [4.69, 9.17) is 0 Å². The second-order valence-electron chi connectivity index (χ2n) is 5.84. The number of likely N-dealkylation sites (tertiary alicyclic amines) is 1. The van der Waals surface area contributed by atoms with Crippen LogP contribution in [-0.4, -0.2) is 42.4 Å². The molecule has 1 fully saturated rings. The predicted octanol–water partition coefficient (Wildman–Crippen LogP) is 1.79. The number of carbonyl (C=O) groups is 2. The van der Waals surface area contributed by atoms with Gasteiger partial charge in [0, 0.05) is 44.7 Å². The topological polar surface area (TPSA) is 61.4 Å². The van der Waals surface area contributed by atoms with E-state index in [1.54, 1.807) is 6.92 Å². The maximum absolute atomic E-state index is 12.0. The fraction of sp³-hybridized carbons (Fsp3) is 0.529. The van der Waals surface area contributed by atoms with Crippen LogP contribution in [0, 0.1) is 0 Å². The van der Waals surface area contributed by atoms with E-state index in [0.717, 1.165) is 38.2 Å². The molecule has 0 aliphatic carbocycles. The van der Waals surface area contributed by atoms with Gasteiger partial charge in [0.05, 0.1) is 0 Å². The van der Waals surface area contributed by atoms with Crippen molar-refractivity contribution in [3.8, 4) is 0 Å². The average Bonchev–Trinajstić information content (AvgIpc) is 2.93. The van der Waals surface area contributed by atoms with Gasteiger partial charge < -0.3 is 15.5 Å². The molecule has 2 N–H and O–H groups in total. The molecule has 0 unspecified atom stereocenters. The minimum atomic E-state index is 0.0140. The lowest BCUT2D eigenvalue weighted by Crippen LogP contribution is -2.36. The van der Waals surface area contributed by atoms with Gasteiger partial charge in [0.2, 0.25) is 11.8 Å². The van der Waals surface area contributed by atoms with Crippen LogP contribution < -0.4 is 10.6 Å². The molecule has 1 aliphatic rings.